The summed E-state index contributed by atoms with van der Waals surface area (Å²) in [7, 11) is 0. The molecule has 2 N–H and O–H groups in total. The Hall–Kier alpha value is -2.07. The molecule has 1 aromatic carbocycles. The molecule has 104 valence electrons. The van der Waals surface area contributed by atoms with Gasteiger partial charge in [-0.3, -0.25) is 4.79 Å². The number of para-hydroxylation sites is 1. The number of rotatable bonds is 4. The predicted octanol–water partition coefficient (Wildman–Crippen LogP) is 2.47. The van der Waals surface area contributed by atoms with Crippen molar-refractivity contribution in [2.24, 2.45) is 0 Å². The molecule has 0 unspecified atom stereocenters. The van der Waals surface area contributed by atoms with Gasteiger partial charge in [0.25, 0.3) is 5.91 Å². The van der Waals surface area contributed by atoms with E-state index in [1.807, 2.05) is 24.3 Å². The maximum Gasteiger partial charge on any atom is 0.255 e. The number of amides is 1. The number of carbonyl (C=O) groups is 1. The van der Waals surface area contributed by atoms with Crippen LogP contribution in [0, 0.1) is 0 Å². The second kappa shape index (κ2) is 5.92. The highest BCUT2D eigenvalue weighted by Gasteiger charge is 2.13. The molecule has 20 heavy (non-hydrogen) atoms. The maximum absolute atomic E-state index is 12.2. The van der Waals surface area contributed by atoms with Crippen molar-refractivity contribution in [3.63, 3.8) is 0 Å². The Balaban J connectivity index is 1.60. The van der Waals surface area contributed by atoms with Crippen molar-refractivity contribution in [3.05, 3.63) is 47.7 Å². The van der Waals surface area contributed by atoms with Gasteiger partial charge in [0.05, 0.1) is 5.56 Å². The Kier molecular flexibility index (Phi) is 3.83. The fraction of sp³-hybridized carbons (Fsp3) is 0.312. The van der Waals surface area contributed by atoms with Crippen LogP contribution in [0.1, 0.15) is 23.2 Å². The van der Waals surface area contributed by atoms with E-state index in [0.29, 0.717) is 12.1 Å². The Morgan fingerprint density at radius 3 is 3.10 bits per heavy atom. The molecule has 1 aliphatic heterocycles. The summed E-state index contributed by atoms with van der Waals surface area (Å²) in [5.41, 5.74) is 2.78. The van der Waals surface area contributed by atoms with Gasteiger partial charge in [-0.1, -0.05) is 29.8 Å². The van der Waals surface area contributed by atoms with Crippen molar-refractivity contribution >= 4 is 16.9 Å². The fourth-order valence-electron chi connectivity index (χ4n) is 2.48. The van der Waals surface area contributed by atoms with Crippen LogP contribution in [0.25, 0.3) is 11.0 Å². The van der Waals surface area contributed by atoms with Gasteiger partial charge in [-0.2, -0.15) is 0 Å². The normalized spacial score (nSPS) is 15.1. The van der Waals surface area contributed by atoms with Crippen LogP contribution >= 0.6 is 0 Å². The monoisotopic (exact) mass is 270 g/mol. The van der Waals surface area contributed by atoms with Crippen LogP contribution in [-0.4, -0.2) is 25.5 Å². The topological polar surface area (TPSA) is 54.3 Å². The standard InChI is InChI=1S/C16H18N2O2/c19-16(18-10-7-12-5-8-17-9-6-12)14-11-20-15-4-2-1-3-13(14)15/h1-5,11,17H,6-10H2,(H,18,19). The summed E-state index contributed by atoms with van der Waals surface area (Å²) in [5.74, 6) is -0.0653. The highest BCUT2D eigenvalue weighted by Crippen LogP contribution is 2.20. The van der Waals surface area contributed by atoms with Crippen molar-refractivity contribution in [2.45, 2.75) is 12.8 Å². The quantitative estimate of drug-likeness (QED) is 0.839. The highest BCUT2D eigenvalue weighted by atomic mass is 16.3. The Labute approximate surface area is 117 Å². The van der Waals surface area contributed by atoms with Gasteiger partial charge >= 0.3 is 0 Å². The molecular formula is C16H18N2O2. The van der Waals surface area contributed by atoms with Crippen molar-refractivity contribution < 1.29 is 9.21 Å². The molecule has 0 fully saturated rings. The van der Waals surface area contributed by atoms with Crippen molar-refractivity contribution in [1.29, 1.82) is 0 Å². The first kappa shape index (κ1) is 12.9. The molecule has 0 radical (unpaired) electrons. The second-order valence-corrected chi connectivity index (χ2v) is 4.97. The summed E-state index contributed by atoms with van der Waals surface area (Å²) in [4.78, 5) is 12.2. The number of fused-ring (bicyclic) bond motifs is 1. The zero-order valence-corrected chi connectivity index (χ0v) is 11.3. The van der Waals surface area contributed by atoms with E-state index in [-0.39, 0.29) is 5.91 Å². The maximum atomic E-state index is 12.2. The molecule has 4 nitrogen and oxygen atoms in total. The molecule has 0 atom stereocenters. The van der Waals surface area contributed by atoms with Crippen LogP contribution in [0.15, 0.2) is 46.6 Å². The summed E-state index contributed by atoms with van der Waals surface area (Å²) in [6.07, 6.45) is 5.74. The lowest BCUT2D eigenvalue weighted by Gasteiger charge is -2.14. The molecule has 1 aliphatic rings. The van der Waals surface area contributed by atoms with Gasteiger partial charge in [0.15, 0.2) is 0 Å². The van der Waals surface area contributed by atoms with Crippen LogP contribution in [0.5, 0.6) is 0 Å². The molecule has 3 rings (SSSR count). The summed E-state index contributed by atoms with van der Waals surface area (Å²) >= 11 is 0. The highest BCUT2D eigenvalue weighted by molar-refractivity contribution is 6.05. The summed E-state index contributed by atoms with van der Waals surface area (Å²) in [6.45, 7) is 2.64. The van der Waals surface area contributed by atoms with Gasteiger partial charge in [0.1, 0.15) is 11.8 Å². The van der Waals surface area contributed by atoms with Gasteiger partial charge in [-0.05, 0) is 25.5 Å². The molecule has 1 aromatic heterocycles. The first-order valence-electron chi connectivity index (χ1n) is 6.97. The lowest BCUT2D eigenvalue weighted by Crippen LogP contribution is -2.26. The van der Waals surface area contributed by atoms with Crippen molar-refractivity contribution in [2.75, 3.05) is 19.6 Å². The van der Waals surface area contributed by atoms with E-state index in [1.165, 1.54) is 11.8 Å². The van der Waals surface area contributed by atoms with E-state index in [2.05, 4.69) is 16.7 Å². The molecule has 2 aromatic rings. The molecule has 4 heteroatoms. The molecule has 0 saturated heterocycles. The van der Waals surface area contributed by atoms with Gasteiger partial charge < -0.3 is 15.1 Å². The van der Waals surface area contributed by atoms with Crippen molar-refractivity contribution in [1.82, 2.24) is 10.6 Å². The number of nitrogens with one attached hydrogen (secondary N) is 2. The number of hydrogen-bond acceptors (Lipinski definition) is 3. The summed E-state index contributed by atoms with van der Waals surface area (Å²) in [5, 5.41) is 7.11. The minimum atomic E-state index is -0.0653. The van der Waals surface area contributed by atoms with Crippen LogP contribution in [0.4, 0.5) is 0 Å². The van der Waals surface area contributed by atoms with E-state index < -0.39 is 0 Å². The Bertz CT molecular complexity index is 643. The van der Waals surface area contributed by atoms with E-state index in [4.69, 9.17) is 4.42 Å². The van der Waals surface area contributed by atoms with Crippen LogP contribution in [0.2, 0.25) is 0 Å². The lowest BCUT2D eigenvalue weighted by molar-refractivity contribution is 0.0955. The molecule has 0 spiro atoms. The van der Waals surface area contributed by atoms with Crippen molar-refractivity contribution in [3.8, 4) is 0 Å². The summed E-state index contributed by atoms with van der Waals surface area (Å²) in [6, 6.07) is 7.58. The van der Waals surface area contributed by atoms with E-state index in [1.54, 1.807) is 0 Å². The molecule has 0 bridgehead atoms. The average Bonchev–Trinajstić information content (AvgIpc) is 2.92. The number of benzene rings is 1. The minimum absolute atomic E-state index is 0.0653. The largest absolute Gasteiger partial charge is 0.463 e. The predicted molar refractivity (Wildman–Crippen MR) is 78.7 cm³/mol. The van der Waals surface area contributed by atoms with Gasteiger partial charge in [-0.15, -0.1) is 0 Å². The fourth-order valence-corrected chi connectivity index (χ4v) is 2.48. The van der Waals surface area contributed by atoms with Gasteiger partial charge in [0, 0.05) is 18.5 Å². The zero-order chi connectivity index (χ0) is 13.8. The van der Waals surface area contributed by atoms with E-state index >= 15 is 0 Å². The number of carbonyl (C=O) groups excluding carboxylic acids is 1. The third-order valence-corrected chi connectivity index (χ3v) is 3.62. The van der Waals surface area contributed by atoms with Gasteiger partial charge in [-0.25, -0.2) is 0 Å². The first-order valence-corrected chi connectivity index (χ1v) is 6.97. The molecular weight excluding hydrogens is 252 g/mol. The Morgan fingerprint density at radius 2 is 2.25 bits per heavy atom. The molecule has 0 aliphatic carbocycles. The second-order valence-electron chi connectivity index (χ2n) is 4.97. The number of hydrogen-bond donors (Lipinski definition) is 2. The minimum Gasteiger partial charge on any atom is -0.463 e. The lowest BCUT2D eigenvalue weighted by atomic mass is 10.1. The SMILES string of the molecule is O=C(NCCC1=CCNCC1)c1coc2ccccc12. The Morgan fingerprint density at radius 1 is 1.35 bits per heavy atom. The number of furan rings is 1. The van der Waals surface area contributed by atoms with Crippen LogP contribution < -0.4 is 10.6 Å². The van der Waals surface area contributed by atoms with Gasteiger partial charge in [0.2, 0.25) is 0 Å². The first-order chi connectivity index (χ1) is 9.84. The zero-order valence-electron chi connectivity index (χ0n) is 11.3. The smallest absolute Gasteiger partial charge is 0.255 e. The third-order valence-electron chi connectivity index (χ3n) is 3.62. The molecule has 1 amide bonds. The third kappa shape index (κ3) is 2.75. The summed E-state index contributed by atoms with van der Waals surface area (Å²) < 4.78 is 5.39. The molecule has 2 heterocycles. The van der Waals surface area contributed by atoms with E-state index in [9.17, 15) is 4.79 Å². The van der Waals surface area contributed by atoms with Crippen LogP contribution in [-0.2, 0) is 0 Å². The van der Waals surface area contributed by atoms with Crippen LogP contribution in [0.3, 0.4) is 0 Å². The van der Waals surface area contributed by atoms with E-state index in [0.717, 1.165) is 36.9 Å². The average molecular weight is 270 g/mol. The molecule has 0 saturated carbocycles.